The van der Waals surface area contributed by atoms with E-state index < -0.39 is 0 Å². The van der Waals surface area contributed by atoms with Crippen LogP contribution in [0.3, 0.4) is 0 Å². The number of hydrogen-bond acceptors (Lipinski definition) is 2. The molecule has 0 atom stereocenters. The van der Waals surface area contributed by atoms with Crippen LogP contribution in [-0.4, -0.2) is 25.2 Å². The number of ether oxygens (including phenoxy) is 1. The van der Waals surface area contributed by atoms with E-state index in [1.54, 1.807) is 0 Å². The lowest BCUT2D eigenvalue weighted by Gasteiger charge is -2.23. The van der Waals surface area contributed by atoms with Crippen molar-refractivity contribution in [3.8, 4) is 0 Å². The van der Waals surface area contributed by atoms with Gasteiger partial charge in [0.2, 0.25) is 0 Å². The Hall–Kier alpha value is -1.35. The number of carbonyl (C=O) groups excluding carboxylic acids is 1. The molecule has 1 aromatic rings. The van der Waals surface area contributed by atoms with Crippen LogP contribution in [0.2, 0.25) is 0 Å². The normalized spacial score (nSPS) is 10.7. The van der Waals surface area contributed by atoms with Gasteiger partial charge in [-0.1, -0.05) is 31.5 Å². The average molecular weight is 249 g/mol. The SMILES string of the molecule is CCCCN(C(=O)COC(C)C)c1ccccc1. The van der Waals surface area contributed by atoms with Crippen LogP contribution in [0.15, 0.2) is 30.3 Å². The summed E-state index contributed by atoms with van der Waals surface area (Å²) in [5.41, 5.74) is 0.948. The van der Waals surface area contributed by atoms with Crippen molar-refractivity contribution in [2.24, 2.45) is 0 Å². The Labute approximate surface area is 110 Å². The highest BCUT2D eigenvalue weighted by Gasteiger charge is 2.15. The molecule has 3 heteroatoms. The number of carbonyl (C=O) groups is 1. The molecule has 18 heavy (non-hydrogen) atoms. The second-order valence-corrected chi connectivity index (χ2v) is 4.59. The largest absolute Gasteiger partial charge is 0.369 e. The van der Waals surface area contributed by atoms with Crippen LogP contribution >= 0.6 is 0 Å². The van der Waals surface area contributed by atoms with Gasteiger partial charge in [-0.15, -0.1) is 0 Å². The second kappa shape index (κ2) is 7.88. The van der Waals surface area contributed by atoms with E-state index in [9.17, 15) is 4.79 Å². The molecule has 100 valence electrons. The molecule has 0 radical (unpaired) electrons. The number of amides is 1. The second-order valence-electron chi connectivity index (χ2n) is 4.59. The number of anilines is 1. The fourth-order valence-corrected chi connectivity index (χ4v) is 1.64. The summed E-state index contributed by atoms with van der Waals surface area (Å²) in [5, 5.41) is 0. The third kappa shape index (κ3) is 4.88. The van der Waals surface area contributed by atoms with Gasteiger partial charge in [0.15, 0.2) is 0 Å². The van der Waals surface area contributed by atoms with Gasteiger partial charge in [-0.25, -0.2) is 0 Å². The predicted octanol–water partition coefficient (Wildman–Crippen LogP) is 3.24. The van der Waals surface area contributed by atoms with Gasteiger partial charge in [0, 0.05) is 12.2 Å². The van der Waals surface area contributed by atoms with Crippen molar-refractivity contribution < 1.29 is 9.53 Å². The third-order valence-corrected chi connectivity index (χ3v) is 2.64. The number of unbranched alkanes of at least 4 members (excludes halogenated alkanes) is 1. The maximum absolute atomic E-state index is 12.2. The first-order chi connectivity index (χ1) is 8.65. The van der Waals surface area contributed by atoms with Gasteiger partial charge >= 0.3 is 0 Å². The molecule has 0 N–H and O–H groups in total. The number of benzene rings is 1. The van der Waals surface area contributed by atoms with Crippen molar-refractivity contribution in [1.82, 2.24) is 0 Å². The average Bonchev–Trinajstić information content (AvgIpc) is 2.38. The minimum absolute atomic E-state index is 0.0309. The molecule has 0 spiro atoms. The molecule has 0 saturated heterocycles. The van der Waals surface area contributed by atoms with Crippen molar-refractivity contribution in [2.75, 3.05) is 18.1 Å². The highest BCUT2D eigenvalue weighted by molar-refractivity contribution is 5.94. The Morgan fingerprint density at radius 1 is 1.28 bits per heavy atom. The van der Waals surface area contributed by atoms with E-state index in [0.717, 1.165) is 25.1 Å². The minimum Gasteiger partial charge on any atom is -0.369 e. The number of rotatable bonds is 7. The van der Waals surface area contributed by atoms with Crippen molar-refractivity contribution in [1.29, 1.82) is 0 Å². The van der Waals surface area contributed by atoms with Crippen molar-refractivity contribution in [3.05, 3.63) is 30.3 Å². The van der Waals surface area contributed by atoms with E-state index in [0.29, 0.717) is 0 Å². The van der Waals surface area contributed by atoms with Crippen molar-refractivity contribution in [3.63, 3.8) is 0 Å². The van der Waals surface area contributed by atoms with Crippen LogP contribution in [0.1, 0.15) is 33.6 Å². The smallest absolute Gasteiger partial charge is 0.252 e. The van der Waals surface area contributed by atoms with Gasteiger partial charge in [-0.2, -0.15) is 0 Å². The summed E-state index contributed by atoms with van der Waals surface area (Å²) in [7, 11) is 0. The molecule has 0 aliphatic carbocycles. The van der Waals surface area contributed by atoms with Gasteiger partial charge in [0.25, 0.3) is 5.91 Å². The fraction of sp³-hybridized carbons (Fsp3) is 0.533. The molecule has 0 fully saturated rings. The van der Waals surface area contributed by atoms with Crippen LogP contribution < -0.4 is 4.90 Å². The lowest BCUT2D eigenvalue weighted by Crippen LogP contribution is -2.35. The fourth-order valence-electron chi connectivity index (χ4n) is 1.64. The molecule has 0 heterocycles. The molecular weight excluding hydrogens is 226 g/mol. The van der Waals surface area contributed by atoms with E-state index in [2.05, 4.69) is 6.92 Å². The van der Waals surface area contributed by atoms with Crippen molar-refractivity contribution in [2.45, 2.75) is 39.7 Å². The molecular formula is C15H23NO2. The number of hydrogen-bond donors (Lipinski definition) is 0. The Kier molecular flexibility index (Phi) is 6.44. The molecule has 0 saturated carbocycles. The summed E-state index contributed by atoms with van der Waals surface area (Å²) < 4.78 is 5.39. The lowest BCUT2D eigenvalue weighted by atomic mass is 10.2. The predicted molar refractivity (Wildman–Crippen MR) is 74.8 cm³/mol. The lowest BCUT2D eigenvalue weighted by molar-refractivity contribution is -0.124. The van der Waals surface area contributed by atoms with Crippen LogP contribution in [0.5, 0.6) is 0 Å². The van der Waals surface area contributed by atoms with Gasteiger partial charge in [-0.05, 0) is 32.4 Å². The molecule has 0 aliphatic heterocycles. The van der Waals surface area contributed by atoms with Crippen LogP contribution in [0, 0.1) is 0 Å². The minimum atomic E-state index is 0.0309. The van der Waals surface area contributed by atoms with Crippen molar-refractivity contribution >= 4 is 11.6 Å². The van der Waals surface area contributed by atoms with Crippen LogP contribution in [0.4, 0.5) is 5.69 Å². The first-order valence-corrected chi connectivity index (χ1v) is 6.62. The summed E-state index contributed by atoms with van der Waals surface area (Å²) in [5.74, 6) is 0.0309. The number of para-hydroxylation sites is 1. The summed E-state index contributed by atoms with van der Waals surface area (Å²) in [4.78, 5) is 14.0. The van der Waals surface area contributed by atoms with Crippen LogP contribution in [0.25, 0.3) is 0 Å². The first kappa shape index (κ1) is 14.7. The maximum Gasteiger partial charge on any atom is 0.252 e. The molecule has 0 bridgehead atoms. The zero-order valence-corrected chi connectivity index (χ0v) is 11.6. The van der Waals surface area contributed by atoms with Gasteiger partial charge in [0.1, 0.15) is 6.61 Å². The van der Waals surface area contributed by atoms with E-state index in [4.69, 9.17) is 4.74 Å². The zero-order valence-electron chi connectivity index (χ0n) is 11.6. The molecule has 3 nitrogen and oxygen atoms in total. The zero-order chi connectivity index (χ0) is 13.4. The molecule has 0 aromatic heterocycles. The Morgan fingerprint density at radius 3 is 2.50 bits per heavy atom. The van der Waals surface area contributed by atoms with E-state index in [1.807, 2.05) is 49.1 Å². The highest BCUT2D eigenvalue weighted by atomic mass is 16.5. The Morgan fingerprint density at radius 2 is 1.94 bits per heavy atom. The Balaban J connectivity index is 2.69. The highest BCUT2D eigenvalue weighted by Crippen LogP contribution is 2.14. The molecule has 1 amide bonds. The first-order valence-electron chi connectivity index (χ1n) is 6.62. The summed E-state index contributed by atoms with van der Waals surface area (Å²) in [6.45, 7) is 6.90. The van der Waals surface area contributed by atoms with E-state index in [-0.39, 0.29) is 18.6 Å². The molecule has 0 aliphatic rings. The maximum atomic E-state index is 12.2. The summed E-state index contributed by atoms with van der Waals surface area (Å²) in [6.07, 6.45) is 2.15. The molecule has 1 rings (SSSR count). The monoisotopic (exact) mass is 249 g/mol. The van der Waals surface area contributed by atoms with E-state index >= 15 is 0 Å². The van der Waals surface area contributed by atoms with E-state index in [1.165, 1.54) is 0 Å². The van der Waals surface area contributed by atoms with Gasteiger partial charge in [0.05, 0.1) is 6.10 Å². The molecule has 1 aromatic carbocycles. The van der Waals surface area contributed by atoms with Gasteiger partial charge < -0.3 is 9.64 Å². The third-order valence-electron chi connectivity index (χ3n) is 2.64. The summed E-state index contributed by atoms with van der Waals surface area (Å²) in [6, 6.07) is 9.78. The molecule has 0 unspecified atom stereocenters. The topological polar surface area (TPSA) is 29.5 Å². The summed E-state index contributed by atoms with van der Waals surface area (Å²) >= 11 is 0. The standard InChI is InChI=1S/C15H23NO2/c1-4-5-11-16(14-9-7-6-8-10-14)15(17)12-18-13(2)3/h6-10,13H,4-5,11-12H2,1-3H3. The number of nitrogens with zero attached hydrogens (tertiary/aromatic N) is 1. The van der Waals surface area contributed by atoms with Gasteiger partial charge in [-0.3, -0.25) is 4.79 Å². The Bertz CT molecular complexity index is 349. The van der Waals surface area contributed by atoms with Crippen LogP contribution in [-0.2, 0) is 9.53 Å². The quantitative estimate of drug-likeness (QED) is 0.742.